The third-order valence-electron chi connectivity index (χ3n) is 10.6. The number of carbonyl (C=O) groups excluding carboxylic acids is 2. The summed E-state index contributed by atoms with van der Waals surface area (Å²) in [5.41, 5.74) is 0. The zero-order chi connectivity index (χ0) is 42.2. The van der Waals surface area contributed by atoms with E-state index in [2.05, 4.69) is 26.0 Å². The van der Waals surface area contributed by atoms with Gasteiger partial charge in [-0.1, -0.05) is 154 Å². The summed E-state index contributed by atoms with van der Waals surface area (Å²) in [5.74, 6) is -1.10. The quantitative estimate of drug-likeness (QED) is 0.0151. The first-order chi connectivity index (χ1) is 27.4. The van der Waals surface area contributed by atoms with Crippen LogP contribution < -0.4 is 0 Å². The van der Waals surface area contributed by atoms with Gasteiger partial charge in [0.25, 0.3) is 0 Å². The van der Waals surface area contributed by atoms with Crippen molar-refractivity contribution in [2.75, 3.05) is 13.2 Å². The first-order valence-corrected chi connectivity index (χ1v) is 24.0. The summed E-state index contributed by atoms with van der Waals surface area (Å²) >= 11 is 0. The fraction of sp³-hybridized carbons (Fsp3) is 0.907. The van der Waals surface area contributed by atoms with Gasteiger partial charge in [-0.05, 0) is 38.5 Å². The van der Waals surface area contributed by atoms with E-state index in [4.69, 9.17) is 18.5 Å². The molecule has 57 heavy (non-hydrogen) atoms. The molecule has 1 aliphatic rings. The molecule has 0 bridgehead atoms. The zero-order valence-electron chi connectivity index (χ0n) is 35.4. The topological polar surface area (TPSA) is 210 Å². The largest absolute Gasteiger partial charge is 0.472 e. The Labute approximate surface area is 343 Å². The Kier molecular flexibility index (Phi) is 32.3. The van der Waals surface area contributed by atoms with Crippen LogP contribution in [0.3, 0.4) is 0 Å². The number of phosphoric ester groups is 1. The lowest BCUT2D eigenvalue weighted by molar-refractivity contribution is -0.220. The van der Waals surface area contributed by atoms with E-state index in [1.165, 1.54) is 96.3 Å². The molecule has 1 rings (SSSR count). The standard InChI is InChI=1S/C43H81O13P/c1-3-5-7-9-11-13-15-17-18-20-21-23-25-27-29-31-36(44)53-33-35(34-54-57(51,52)56-43-41(49)39(47)38(46)40(48)42(43)50)55-37(45)32-30-28-26-24-22-19-16-14-12-10-8-6-4-2/h14,16,35,38-43,46-50H,3-13,15,17-34H2,1-2H3,(H,51,52)/b16-14-/t35-,38?,39-,40-,41+,42+,43?/m1/s1. The van der Waals surface area contributed by atoms with Crippen molar-refractivity contribution in [1.29, 1.82) is 0 Å². The number of hydrogen-bond donors (Lipinski definition) is 6. The summed E-state index contributed by atoms with van der Waals surface area (Å²) in [6.45, 7) is 3.28. The van der Waals surface area contributed by atoms with Crippen LogP contribution in [0.15, 0.2) is 12.2 Å². The molecule has 1 aliphatic carbocycles. The summed E-state index contributed by atoms with van der Waals surface area (Å²) < 4.78 is 33.5. The maximum Gasteiger partial charge on any atom is 0.472 e. The SMILES string of the molecule is CCCCCC/C=C\CCCCCCCC(=O)O[C@H](COC(=O)CCCCCCCCCCCCCCCCC)COP(=O)(O)OC1[C@@H](O)[C@H](O)C(O)[C@@H](O)[C@@H]1O. The lowest BCUT2D eigenvalue weighted by Gasteiger charge is -2.41. The van der Waals surface area contributed by atoms with Gasteiger partial charge in [0.15, 0.2) is 6.10 Å². The van der Waals surface area contributed by atoms with Crippen molar-refractivity contribution in [3.8, 4) is 0 Å². The second-order valence-electron chi connectivity index (χ2n) is 15.9. The number of aliphatic hydroxyl groups is 5. The number of ether oxygens (including phenoxy) is 2. The first kappa shape index (κ1) is 53.6. The van der Waals surface area contributed by atoms with Crippen LogP contribution in [0.5, 0.6) is 0 Å². The molecule has 0 spiro atoms. The Hall–Kier alpha value is -1.41. The van der Waals surface area contributed by atoms with Crippen LogP contribution >= 0.6 is 7.82 Å². The van der Waals surface area contributed by atoms with E-state index in [0.717, 1.165) is 57.8 Å². The first-order valence-electron chi connectivity index (χ1n) is 22.5. The second-order valence-corrected chi connectivity index (χ2v) is 17.3. The smallest absolute Gasteiger partial charge is 0.462 e. The van der Waals surface area contributed by atoms with Crippen LogP contribution in [0.25, 0.3) is 0 Å². The molecule has 6 atom stereocenters. The minimum Gasteiger partial charge on any atom is -0.462 e. The van der Waals surface area contributed by atoms with Crippen LogP contribution in [0, 0.1) is 0 Å². The molecule has 0 aromatic carbocycles. The van der Waals surface area contributed by atoms with Gasteiger partial charge >= 0.3 is 19.8 Å². The molecule has 0 radical (unpaired) electrons. The maximum absolute atomic E-state index is 12.8. The molecule has 0 saturated heterocycles. The van der Waals surface area contributed by atoms with Gasteiger partial charge in [-0.3, -0.25) is 18.6 Å². The Bertz CT molecular complexity index is 1060. The highest BCUT2D eigenvalue weighted by molar-refractivity contribution is 7.47. The molecule has 0 amide bonds. The lowest BCUT2D eigenvalue weighted by atomic mass is 9.85. The molecule has 0 heterocycles. The fourth-order valence-electron chi connectivity index (χ4n) is 6.93. The Morgan fingerprint density at radius 3 is 1.35 bits per heavy atom. The van der Waals surface area contributed by atoms with Crippen LogP contribution in [-0.4, -0.2) is 98.3 Å². The van der Waals surface area contributed by atoms with Gasteiger partial charge in [0, 0.05) is 12.8 Å². The van der Waals surface area contributed by atoms with Gasteiger partial charge in [0.2, 0.25) is 0 Å². The molecular weight excluding hydrogens is 755 g/mol. The Morgan fingerprint density at radius 1 is 0.526 bits per heavy atom. The van der Waals surface area contributed by atoms with Gasteiger partial charge < -0.3 is 39.9 Å². The zero-order valence-corrected chi connectivity index (χ0v) is 36.3. The number of phosphoric acid groups is 1. The van der Waals surface area contributed by atoms with Crippen molar-refractivity contribution in [1.82, 2.24) is 0 Å². The van der Waals surface area contributed by atoms with Crippen molar-refractivity contribution in [2.45, 2.75) is 236 Å². The van der Waals surface area contributed by atoms with Gasteiger partial charge in [-0.15, -0.1) is 0 Å². The summed E-state index contributed by atoms with van der Waals surface area (Å²) in [5, 5.41) is 50.1. The number of hydrogen-bond acceptors (Lipinski definition) is 12. The van der Waals surface area contributed by atoms with Gasteiger partial charge in [-0.2, -0.15) is 0 Å². The summed E-state index contributed by atoms with van der Waals surface area (Å²) in [6.07, 6.45) is 21.3. The molecule has 1 saturated carbocycles. The van der Waals surface area contributed by atoms with E-state index in [9.17, 15) is 44.6 Å². The highest BCUT2D eigenvalue weighted by Crippen LogP contribution is 2.47. The van der Waals surface area contributed by atoms with E-state index < -0.39 is 75.7 Å². The Balaban J connectivity index is 2.47. The van der Waals surface area contributed by atoms with Gasteiger partial charge in [0.1, 0.15) is 43.2 Å². The fourth-order valence-corrected chi connectivity index (χ4v) is 7.90. The average molecular weight is 837 g/mol. The summed E-state index contributed by atoms with van der Waals surface area (Å²) in [6, 6.07) is 0. The average Bonchev–Trinajstić information content (AvgIpc) is 3.19. The normalized spacial score (nSPS) is 22.7. The summed E-state index contributed by atoms with van der Waals surface area (Å²) in [7, 11) is -5.11. The van der Waals surface area contributed by atoms with Crippen molar-refractivity contribution >= 4 is 19.8 Å². The van der Waals surface area contributed by atoms with Gasteiger partial charge in [0.05, 0.1) is 6.61 Å². The molecule has 1 unspecified atom stereocenters. The van der Waals surface area contributed by atoms with E-state index >= 15 is 0 Å². The number of allylic oxidation sites excluding steroid dienone is 2. The van der Waals surface area contributed by atoms with Crippen molar-refractivity contribution in [3.05, 3.63) is 12.2 Å². The molecular formula is C43H81O13P. The number of rotatable bonds is 37. The van der Waals surface area contributed by atoms with Crippen LogP contribution in [0.2, 0.25) is 0 Å². The number of carbonyl (C=O) groups is 2. The molecule has 13 nitrogen and oxygen atoms in total. The highest BCUT2D eigenvalue weighted by Gasteiger charge is 2.51. The number of esters is 2. The summed E-state index contributed by atoms with van der Waals surface area (Å²) in [4.78, 5) is 35.6. The molecule has 6 N–H and O–H groups in total. The predicted octanol–water partition coefficient (Wildman–Crippen LogP) is 8.28. The maximum atomic E-state index is 12.8. The third kappa shape index (κ3) is 27.1. The molecule has 0 aliphatic heterocycles. The predicted molar refractivity (Wildman–Crippen MR) is 221 cm³/mol. The third-order valence-corrected chi connectivity index (χ3v) is 11.6. The minimum absolute atomic E-state index is 0.0904. The van der Waals surface area contributed by atoms with Crippen molar-refractivity contribution in [3.63, 3.8) is 0 Å². The molecule has 336 valence electrons. The molecule has 1 fully saturated rings. The van der Waals surface area contributed by atoms with E-state index in [-0.39, 0.29) is 12.8 Å². The van der Waals surface area contributed by atoms with E-state index in [1.54, 1.807) is 0 Å². The van der Waals surface area contributed by atoms with Crippen molar-refractivity contribution in [2.24, 2.45) is 0 Å². The van der Waals surface area contributed by atoms with Crippen LogP contribution in [-0.2, 0) is 32.7 Å². The van der Waals surface area contributed by atoms with Crippen LogP contribution in [0.4, 0.5) is 0 Å². The van der Waals surface area contributed by atoms with Gasteiger partial charge in [-0.25, -0.2) is 4.57 Å². The Morgan fingerprint density at radius 2 is 0.895 bits per heavy atom. The highest BCUT2D eigenvalue weighted by atomic mass is 31.2. The number of unbranched alkanes of at least 4 members (excludes halogenated alkanes) is 23. The van der Waals surface area contributed by atoms with E-state index in [1.807, 2.05) is 0 Å². The van der Waals surface area contributed by atoms with E-state index in [0.29, 0.717) is 12.8 Å². The second kappa shape index (κ2) is 34.3. The lowest BCUT2D eigenvalue weighted by Crippen LogP contribution is -2.64. The molecule has 14 heteroatoms. The molecule has 0 aromatic heterocycles. The van der Waals surface area contributed by atoms with Crippen LogP contribution in [0.1, 0.15) is 194 Å². The minimum atomic E-state index is -5.11. The number of aliphatic hydroxyl groups excluding tert-OH is 5. The monoisotopic (exact) mass is 837 g/mol. The van der Waals surface area contributed by atoms with Crippen molar-refractivity contribution < 1.29 is 63.1 Å². The molecule has 0 aromatic rings.